The van der Waals surface area contributed by atoms with E-state index in [-0.39, 0.29) is 36.6 Å². The van der Waals surface area contributed by atoms with Crippen molar-refractivity contribution in [2.45, 2.75) is 45.1 Å². The molecule has 1 saturated carbocycles. The number of likely N-dealkylation sites (tertiary alicyclic amines) is 1. The number of hydrogen-bond donors (Lipinski definition) is 2. The van der Waals surface area contributed by atoms with Crippen LogP contribution in [0.15, 0.2) is 17.5 Å². The number of nitrogens with one attached hydrogen (secondary N) is 1. The number of carbonyl (C=O) groups is 1. The summed E-state index contributed by atoms with van der Waals surface area (Å²) in [5, 5.41) is 5.39. The predicted molar refractivity (Wildman–Crippen MR) is 114 cm³/mol. The van der Waals surface area contributed by atoms with Crippen molar-refractivity contribution in [2.75, 3.05) is 26.2 Å². The van der Waals surface area contributed by atoms with Gasteiger partial charge in [0.15, 0.2) is 0 Å². The van der Waals surface area contributed by atoms with Crippen molar-refractivity contribution in [3.63, 3.8) is 0 Å². The van der Waals surface area contributed by atoms with E-state index in [1.165, 1.54) is 17.7 Å². The molecule has 0 spiro atoms. The summed E-state index contributed by atoms with van der Waals surface area (Å²) in [7, 11) is 0. The lowest BCUT2D eigenvalue weighted by molar-refractivity contribution is -0.126. The Morgan fingerprint density at radius 2 is 2.04 bits per heavy atom. The highest BCUT2D eigenvalue weighted by Crippen LogP contribution is 2.32. The second-order valence-corrected chi connectivity index (χ2v) is 8.51. The SMILES string of the molecule is CC1CCN(C(CNC(=O)[C@@H]2CCC[C@@H]2CN)c2cccs2)CC1.Cl.Cl. The maximum absolute atomic E-state index is 12.6. The molecule has 2 heterocycles. The summed E-state index contributed by atoms with van der Waals surface area (Å²) < 4.78 is 0. The first kappa shape index (κ1) is 23.7. The van der Waals surface area contributed by atoms with Crippen LogP contribution in [0.5, 0.6) is 0 Å². The zero-order valence-corrected chi connectivity index (χ0v) is 18.0. The number of piperidine rings is 1. The maximum Gasteiger partial charge on any atom is 0.223 e. The number of nitrogens with two attached hydrogens (primary N) is 1. The van der Waals surface area contributed by atoms with Crippen molar-refractivity contribution in [2.24, 2.45) is 23.5 Å². The number of hydrogen-bond acceptors (Lipinski definition) is 4. The number of thiophene rings is 1. The van der Waals surface area contributed by atoms with Crippen LogP contribution in [-0.4, -0.2) is 37.0 Å². The summed E-state index contributed by atoms with van der Waals surface area (Å²) in [5.74, 6) is 1.54. The van der Waals surface area contributed by atoms with E-state index >= 15 is 0 Å². The summed E-state index contributed by atoms with van der Waals surface area (Å²) in [6.07, 6.45) is 5.76. The first-order valence-corrected chi connectivity index (χ1v) is 10.3. The molecule has 3 N–H and O–H groups in total. The van der Waals surface area contributed by atoms with Gasteiger partial charge in [0.1, 0.15) is 0 Å². The van der Waals surface area contributed by atoms with E-state index in [0.717, 1.165) is 44.8 Å². The molecule has 0 bridgehead atoms. The predicted octanol–water partition coefficient (Wildman–Crippen LogP) is 3.86. The molecule has 150 valence electrons. The fourth-order valence-electron chi connectivity index (χ4n) is 4.22. The van der Waals surface area contributed by atoms with E-state index in [1.807, 2.05) is 0 Å². The molecule has 26 heavy (non-hydrogen) atoms. The minimum absolute atomic E-state index is 0. The summed E-state index contributed by atoms with van der Waals surface area (Å²) in [4.78, 5) is 16.6. The van der Waals surface area contributed by atoms with Gasteiger partial charge in [-0.3, -0.25) is 9.69 Å². The summed E-state index contributed by atoms with van der Waals surface area (Å²) in [6.45, 7) is 5.97. The number of rotatable bonds is 6. The van der Waals surface area contributed by atoms with Crippen molar-refractivity contribution in [3.8, 4) is 0 Å². The largest absolute Gasteiger partial charge is 0.354 e. The van der Waals surface area contributed by atoms with Crippen LogP contribution in [0.1, 0.15) is 49.9 Å². The zero-order chi connectivity index (χ0) is 16.9. The molecule has 2 aliphatic rings. The Hall–Kier alpha value is -0.330. The molecule has 1 aromatic heterocycles. The lowest BCUT2D eigenvalue weighted by Crippen LogP contribution is -2.43. The fourth-order valence-corrected chi connectivity index (χ4v) is 5.08. The Kier molecular flexibility index (Phi) is 10.5. The van der Waals surface area contributed by atoms with Crippen molar-refractivity contribution < 1.29 is 4.79 Å². The normalized spacial score (nSPS) is 25.2. The number of halogens is 2. The van der Waals surface area contributed by atoms with E-state index in [2.05, 4.69) is 34.7 Å². The Bertz CT molecular complexity index is 521. The van der Waals surface area contributed by atoms with Crippen LogP contribution in [0, 0.1) is 17.8 Å². The lowest BCUT2D eigenvalue weighted by Gasteiger charge is -2.36. The van der Waals surface area contributed by atoms with Gasteiger partial charge in [-0.2, -0.15) is 0 Å². The Morgan fingerprint density at radius 3 is 2.65 bits per heavy atom. The Balaban J connectivity index is 0.00000169. The van der Waals surface area contributed by atoms with Crippen LogP contribution in [0.2, 0.25) is 0 Å². The quantitative estimate of drug-likeness (QED) is 0.732. The van der Waals surface area contributed by atoms with Crippen molar-refractivity contribution in [3.05, 3.63) is 22.4 Å². The minimum Gasteiger partial charge on any atom is -0.354 e. The summed E-state index contributed by atoms with van der Waals surface area (Å²) in [5.41, 5.74) is 5.84. The van der Waals surface area contributed by atoms with Crippen LogP contribution >= 0.6 is 36.2 Å². The van der Waals surface area contributed by atoms with Crippen LogP contribution in [0.25, 0.3) is 0 Å². The van der Waals surface area contributed by atoms with Gasteiger partial charge < -0.3 is 11.1 Å². The number of carbonyl (C=O) groups excluding carboxylic acids is 1. The third-order valence-electron chi connectivity index (χ3n) is 5.90. The molecule has 1 aliphatic carbocycles. The van der Waals surface area contributed by atoms with Gasteiger partial charge >= 0.3 is 0 Å². The monoisotopic (exact) mass is 421 g/mol. The average molecular weight is 422 g/mol. The molecule has 3 atom stereocenters. The molecule has 1 aliphatic heterocycles. The first-order chi connectivity index (χ1) is 11.7. The molecule has 1 saturated heterocycles. The second kappa shape index (κ2) is 11.5. The van der Waals surface area contributed by atoms with Crippen molar-refractivity contribution in [1.29, 1.82) is 0 Å². The van der Waals surface area contributed by atoms with Gasteiger partial charge in [0.25, 0.3) is 0 Å². The van der Waals surface area contributed by atoms with E-state index in [1.54, 1.807) is 11.3 Å². The van der Waals surface area contributed by atoms with E-state index in [0.29, 0.717) is 18.5 Å². The van der Waals surface area contributed by atoms with E-state index in [9.17, 15) is 4.79 Å². The maximum atomic E-state index is 12.6. The Labute approximate surface area is 174 Å². The Morgan fingerprint density at radius 1 is 1.31 bits per heavy atom. The van der Waals surface area contributed by atoms with Gasteiger partial charge in [-0.1, -0.05) is 19.4 Å². The van der Waals surface area contributed by atoms with Crippen molar-refractivity contribution >= 4 is 42.1 Å². The highest BCUT2D eigenvalue weighted by molar-refractivity contribution is 7.10. The topological polar surface area (TPSA) is 58.4 Å². The molecule has 4 nitrogen and oxygen atoms in total. The van der Waals surface area contributed by atoms with Crippen LogP contribution in [-0.2, 0) is 4.79 Å². The summed E-state index contributed by atoms with van der Waals surface area (Å²) in [6, 6.07) is 4.64. The molecule has 1 unspecified atom stereocenters. The van der Waals surface area contributed by atoms with Crippen LogP contribution in [0.3, 0.4) is 0 Å². The molecule has 3 rings (SSSR count). The second-order valence-electron chi connectivity index (χ2n) is 7.53. The third-order valence-corrected chi connectivity index (χ3v) is 6.87. The van der Waals surface area contributed by atoms with Crippen LogP contribution < -0.4 is 11.1 Å². The van der Waals surface area contributed by atoms with Crippen LogP contribution in [0.4, 0.5) is 0 Å². The molecule has 2 fully saturated rings. The third kappa shape index (κ3) is 5.83. The van der Waals surface area contributed by atoms with Gasteiger partial charge in [0.05, 0.1) is 6.04 Å². The van der Waals surface area contributed by atoms with Gasteiger partial charge in [0.2, 0.25) is 5.91 Å². The highest BCUT2D eigenvalue weighted by atomic mass is 35.5. The van der Waals surface area contributed by atoms with Gasteiger partial charge in [-0.15, -0.1) is 36.2 Å². The molecular formula is C19H33Cl2N3OS. The zero-order valence-electron chi connectivity index (χ0n) is 15.6. The number of amides is 1. The minimum atomic E-state index is 0. The summed E-state index contributed by atoms with van der Waals surface area (Å²) >= 11 is 1.80. The molecule has 0 radical (unpaired) electrons. The average Bonchev–Trinajstić information content (AvgIpc) is 3.27. The lowest BCUT2D eigenvalue weighted by atomic mass is 9.95. The van der Waals surface area contributed by atoms with Gasteiger partial charge in [-0.25, -0.2) is 0 Å². The first-order valence-electron chi connectivity index (χ1n) is 9.44. The highest BCUT2D eigenvalue weighted by Gasteiger charge is 2.33. The molecule has 7 heteroatoms. The van der Waals surface area contributed by atoms with Gasteiger partial charge in [-0.05, 0) is 68.6 Å². The van der Waals surface area contributed by atoms with Gasteiger partial charge in [0, 0.05) is 17.3 Å². The smallest absolute Gasteiger partial charge is 0.223 e. The molecular weight excluding hydrogens is 389 g/mol. The molecule has 0 aromatic carbocycles. The van der Waals surface area contributed by atoms with E-state index in [4.69, 9.17) is 5.73 Å². The molecule has 1 aromatic rings. The fraction of sp³-hybridized carbons (Fsp3) is 0.737. The standard InChI is InChI=1S/C19H31N3OS.2ClH/c1-14-7-9-22(10-8-14)17(18-6-3-11-24-18)13-21-19(23)16-5-2-4-15(16)12-20;;/h3,6,11,14-17H,2,4-5,7-10,12-13,20H2,1H3,(H,21,23);2*1H/t15-,16-,17?;;/m1../s1. The van der Waals surface area contributed by atoms with E-state index < -0.39 is 0 Å². The number of nitrogens with zero attached hydrogens (tertiary/aromatic N) is 1. The molecule has 1 amide bonds. The van der Waals surface area contributed by atoms with Crippen molar-refractivity contribution in [1.82, 2.24) is 10.2 Å².